The van der Waals surface area contributed by atoms with Crippen LogP contribution in [0.2, 0.25) is 0 Å². The van der Waals surface area contributed by atoms with Crippen molar-refractivity contribution in [2.45, 2.75) is 108 Å². The minimum atomic E-state index is -6.61. The highest BCUT2D eigenvalue weighted by atomic mass is 19.4. The molecule has 0 unspecified atom stereocenters. The first kappa shape index (κ1) is 31.9. The van der Waals surface area contributed by atoms with Crippen molar-refractivity contribution in [1.29, 1.82) is 0 Å². The van der Waals surface area contributed by atoms with Crippen LogP contribution in [0.4, 0.5) is 30.7 Å². The van der Waals surface area contributed by atoms with E-state index in [0.717, 1.165) is 36.5 Å². The highest BCUT2D eigenvalue weighted by Gasteiger charge is 2.77. The monoisotopic (exact) mass is 574 g/mol. The predicted octanol–water partition coefficient (Wildman–Crippen LogP) is 10.5. The summed E-state index contributed by atoms with van der Waals surface area (Å²) in [5.41, 5.74) is 2.68. The van der Waals surface area contributed by atoms with Crippen molar-refractivity contribution in [2.75, 3.05) is 0 Å². The van der Waals surface area contributed by atoms with E-state index in [2.05, 4.69) is 11.7 Å². The average Bonchev–Trinajstić information content (AvgIpc) is 2.93. The lowest BCUT2D eigenvalue weighted by Crippen LogP contribution is -2.57. The fourth-order valence-corrected chi connectivity index (χ4v) is 5.32. The van der Waals surface area contributed by atoms with Gasteiger partial charge in [0.05, 0.1) is 0 Å². The molecule has 40 heavy (non-hydrogen) atoms. The lowest BCUT2D eigenvalue weighted by Gasteiger charge is -2.29. The van der Waals surface area contributed by atoms with Crippen LogP contribution in [0.1, 0.15) is 95.5 Å². The molecule has 0 spiro atoms. The highest BCUT2D eigenvalue weighted by molar-refractivity contribution is 5.81. The summed E-state index contributed by atoms with van der Waals surface area (Å²) in [6.07, 6.45) is 8.75. The van der Waals surface area contributed by atoms with E-state index in [1.165, 1.54) is 81.9 Å². The number of rotatable bonds is 13. The van der Waals surface area contributed by atoms with Gasteiger partial charge in [0, 0.05) is 0 Å². The Morgan fingerprint density at radius 2 is 1.23 bits per heavy atom. The smallest absolute Gasteiger partial charge is 0.422 e. The van der Waals surface area contributed by atoms with Gasteiger partial charge in [-0.2, -0.15) is 30.7 Å². The number of hydrogen-bond acceptors (Lipinski definition) is 2. The second-order valence-electron chi connectivity index (χ2n) is 10.8. The van der Waals surface area contributed by atoms with Gasteiger partial charge < -0.3 is 4.74 Å². The molecule has 1 aliphatic carbocycles. The van der Waals surface area contributed by atoms with Gasteiger partial charge in [-0.3, -0.25) is 0 Å². The summed E-state index contributed by atoms with van der Waals surface area (Å²) in [5, 5.41) is 0. The molecule has 0 radical (unpaired) electrons. The summed E-state index contributed by atoms with van der Waals surface area (Å²) < 4.78 is 94.2. The van der Waals surface area contributed by atoms with Crippen molar-refractivity contribution in [3.8, 4) is 16.9 Å². The quantitative estimate of drug-likeness (QED) is 0.103. The van der Waals surface area contributed by atoms with E-state index in [9.17, 15) is 35.5 Å². The molecule has 0 atom stereocenters. The van der Waals surface area contributed by atoms with E-state index in [1.54, 1.807) is 0 Å². The van der Waals surface area contributed by atoms with Crippen molar-refractivity contribution in [2.24, 2.45) is 5.92 Å². The summed E-state index contributed by atoms with van der Waals surface area (Å²) in [4.78, 5) is 11.4. The number of alkyl halides is 7. The van der Waals surface area contributed by atoms with Crippen LogP contribution in [0.15, 0.2) is 48.5 Å². The maximum absolute atomic E-state index is 13.5. The molecule has 2 aromatic carbocycles. The molecule has 1 saturated carbocycles. The summed E-state index contributed by atoms with van der Waals surface area (Å²) in [7, 11) is 0. The van der Waals surface area contributed by atoms with E-state index in [0.29, 0.717) is 11.5 Å². The number of benzene rings is 2. The molecule has 0 saturated heterocycles. The summed E-state index contributed by atoms with van der Waals surface area (Å²) in [6.45, 7) is 2.23. The van der Waals surface area contributed by atoms with Crippen LogP contribution < -0.4 is 4.74 Å². The van der Waals surface area contributed by atoms with Crippen molar-refractivity contribution < 1.29 is 40.3 Å². The highest BCUT2D eigenvalue weighted by Crippen LogP contribution is 2.47. The third-order valence-electron chi connectivity index (χ3n) is 7.85. The zero-order chi connectivity index (χ0) is 29.4. The Kier molecular flexibility index (Phi) is 11.1. The fourth-order valence-electron chi connectivity index (χ4n) is 5.32. The second-order valence-corrected chi connectivity index (χ2v) is 10.8. The Bertz CT molecular complexity index is 1050. The summed E-state index contributed by atoms with van der Waals surface area (Å²) in [6, 6.07) is 12.9. The molecule has 0 heterocycles. The molecule has 2 aromatic rings. The number of halogens is 7. The van der Waals surface area contributed by atoms with Gasteiger partial charge in [0.1, 0.15) is 5.75 Å². The van der Waals surface area contributed by atoms with E-state index >= 15 is 0 Å². The first-order valence-corrected chi connectivity index (χ1v) is 14.1. The standard InChI is InChI=1S/C31H37F7O2/c1-2-3-4-5-6-7-8-9-22-10-12-23(13-11-22)24-14-16-25(17-15-24)26-18-20-27(21-19-26)40-28(39)29(32,33)30(34,35)31(36,37)38/h14-23H,2-13H2,1H3. The number of carbonyl (C=O) groups is 1. The van der Waals surface area contributed by atoms with Gasteiger partial charge in [-0.15, -0.1) is 0 Å². The molecule has 1 aliphatic rings. The van der Waals surface area contributed by atoms with Crippen molar-refractivity contribution in [1.82, 2.24) is 0 Å². The van der Waals surface area contributed by atoms with Gasteiger partial charge in [-0.05, 0) is 66.3 Å². The SMILES string of the molecule is CCCCCCCCCC1CCC(c2ccc(-c3ccc(OC(=O)C(F)(F)C(F)(F)C(F)(F)F)cc3)cc2)CC1. The first-order valence-electron chi connectivity index (χ1n) is 14.1. The third kappa shape index (κ3) is 8.00. The Hall–Kier alpha value is -2.58. The van der Waals surface area contributed by atoms with Gasteiger partial charge >= 0.3 is 24.0 Å². The lowest BCUT2D eigenvalue weighted by atomic mass is 9.77. The minimum Gasteiger partial charge on any atom is -0.422 e. The Balaban J connectivity index is 1.48. The van der Waals surface area contributed by atoms with Crippen LogP contribution >= 0.6 is 0 Å². The number of ether oxygens (including phenoxy) is 1. The molecule has 2 nitrogen and oxygen atoms in total. The molecular formula is C31H37F7O2. The number of esters is 1. The number of hydrogen-bond donors (Lipinski definition) is 0. The van der Waals surface area contributed by atoms with Crippen molar-refractivity contribution in [3.05, 3.63) is 54.1 Å². The third-order valence-corrected chi connectivity index (χ3v) is 7.85. The van der Waals surface area contributed by atoms with Gasteiger partial charge in [0.15, 0.2) is 0 Å². The van der Waals surface area contributed by atoms with Crippen LogP contribution in [-0.2, 0) is 4.79 Å². The molecule has 9 heteroatoms. The number of carbonyl (C=O) groups excluding carboxylic acids is 1. The van der Waals surface area contributed by atoms with E-state index in [4.69, 9.17) is 0 Å². The van der Waals surface area contributed by atoms with Crippen LogP contribution in [0, 0.1) is 5.92 Å². The maximum Gasteiger partial charge on any atom is 0.460 e. The van der Waals surface area contributed by atoms with Crippen molar-refractivity contribution in [3.63, 3.8) is 0 Å². The van der Waals surface area contributed by atoms with Crippen molar-refractivity contribution >= 4 is 5.97 Å². The van der Waals surface area contributed by atoms with Crippen LogP contribution in [0.3, 0.4) is 0 Å². The van der Waals surface area contributed by atoms with Gasteiger partial charge in [-0.1, -0.05) is 94.7 Å². The molecule has 222 valence electrons. The average molecular weight is 575 g/mol. The maximum atomic E-state index is 13.5. The molecule has 0 aromatic heterocycles. The van der Waals surface area contributed by atoms with Crippen LogP contribution in [0.25, 0.3) is 11.1 Å². The molecule has 1 fully saturated rings. The first-order chi connectivity index (χ1) is 18.9. The predicted molar refractivity (Wildman–Crippen MR) is 141 cm³/mol. The summed E-state index contributed by atoms with van der Waals surface area (Å²) in [5.74, 6) is -14.9. The Morgan fingerprint density at radius 1 is 0.725 bits per heavy atom. The zero-order valence-corrected chi connectivity index (χ0v) is 22.7. The fraction of sp³-hybridized carbons (Fsp3) is 0.581. The topological polar surface area (TPSA) is 26.3 Å². The van der Waals surface area contributed by atoms with Crippen LogP contribution in [0.5, 0.6) is 5.75 Å². The lowest BCUT2D eigenvalue weighted by molar-refractivity contribution is -0.346. The molecule has 0 aliphatic heterocycles. The normalized spacial score (nSPS) is 18.5. The molecule has 0 N–H and O–H groups in total. The minimum absolute atomic E-state index is 0.498. The van der Waals surface area contributed by atoms with Gasteiger partial charge in [0.2, 0.25) is 0 Å². The molecule has 3 rings (SSSR count). The van der Waals surface area contributed by atoms with Gasteiger partial charge in [-0.25, -0.2) is 4.79 Å². The Morgan fingerprint density at radius 3 is 1.75 bits per heavy atom. The van der Waals surface area contributed by atoms with E-state index in [1.807, 2.05) is 24.3 Å². The second kappa shape index (κ2) is 13.9. The largest absolute Gasteiger partial charge is 0.460 e. The van der Waals surface area contributed by atoms with E-state index in [-0.39, 0.29) is 0 Å². The molecule has 0 amide bonds. The van der Waals surface area contributed by atoms with E-state index < -0.39 is 29.7 Å². The molecular weight excluding hydrogens is 537 g/mol. The zero-order valence-electron chi connectivity index (χ0n) is 22.7. The van der Waals surface area contributed by atoms with Crippen LogP contribution in [-0.4, -0.2) is 24.0 Å². The summed E-state index contributed by atoms with van der Waals surface area (Å²) >= 11 is 0. The van der Waals surface area contributed by atoms with Gasteiger partial charge in [0.25, 0.3) is 0 Å². The Labute approximate surface area is 231 Å². The molecule has 0 bridgehead atoms. The number of unbranched alkanes of at least 4 members (excludes halogenated alkanes) is 6.